The van der Waals surface area contributed by atoms with E-state index in [0.29, 0.717) is 6.04 Å². The summed E-state index contributed by atoms with van der Waals surface area (Å²) in [5.41, 5.74) is 0.957. The Balaban J connectivity index is 1.62. The molecular weight excluding hydrogens is 330 g/mol. The number of nitrogens with zero attached hydrogens (tertiary/aromatic N) is 1. The highest BCUT2D eigenvalue weighted by atomic mass is 16.5. The number of ether oxygens (including phenoxy) is 1. The van der Waals surface area contributed by atoms with Gasteiger partial charge in [-0.2, -0.15) is 0 Å². The Morgan fingerprint density at radius 2 is 1.96 bits per heavy atom. The molecule has 2 saturated heterocycles. The number of benzene rings is 1. The smallest absolute Gasteiger partial charge is 0.331 e. The van der Waals surface area contributed by atoms with Gasteiger partial charge in [-0.05, 0) is 44.2 Å². The Morgan fingerprint density at radius 3 is 2.69 bits per heavy atom. The lowest BCUT2D eigenvalue weighted by Crippen LogP contribution is -2.59. The molecule has 26 heavy (non-hydrogen) atoms. The first-order valence-corrected chi connectivity index (χ1v) is 9.47. The van der Waals surface area contributed by atoms with Crippen molar-refractivity contribution in [1.82, 2.24) is 4.90 Å². The molecule has 4 atom stereocenters. The molecule has 0 unspecified atom stereocenters. The molecule has 1 N–H and O–H groups in total. The molecule has 0 aliphatic carbocycles. The van der Waals surface area contributed by atoms with Gasteiger partial charge < -0.3 is 9.84 Å². The van der Waals surface area contributed by atoms with Gasteiger partial charge in [0.15, 0.2) is 0 Å². The van der Waals surface area contributed by atoms with E-state index in [9.17, 15) is 14.7 Å². The summed E-state index contributed by atoms with van der Waals surface area (Å²) in [5.74, 6) is -1.09. The van der Waals surface area contributed by atoms with E-state index in [4.69, 9.17) is 4.74 Å². The lowest BCUT2D eigenvalue weighted by atomic mass is 9.83. The standard InChI is InChI=1S/C21H27NO4/c1-15-19(26-21(25)13-10-16-6-3-2-4-7-16)12-11-17-8-5-9-18(22(15)17)14-20(23)24/h2-4,6-7,10,13,15,17-19H,5,8-9,11-12,14H2,1H3,(H,23,24)/b13-10+/t15-,17-,18+,19+/m0/s1. The topological polar surface area (TPSA) is 66.8 Å². The maximum atomic E-state index is 12.2. The van der Waals surface area contributed by atoms with Gasteiger partial charge in [-0.1, -0.05) is 36.8 Å². The molecule has 2 heterocycles. The Hall–Kier alpha value is -2.14. The Bertz CT molecular complexity index is 657. The van der Waals surface area contributed by atoms with Crippen molar-refractivity contribution >= 4 is 18.0 Å². The Kier molecular flexibility index (Phi) is 6.09. The number of aliphatic carboxylic acids is 1. The van der Waals surface area contributed by atoms with E-state index in [1.807, 2.05) is 30.3 Å². The number of carbonyl (C=O) groups is 2. The number of rotatable bonds is 5. The second-order valence-corrected chi connectivity index (χ2v) is 7.32. The third-order valence-corrected chi connectivity index (χ3v) is 5.60. The first kappa shape index (κ1) is 18.6. The van der Waals surface area contributed by atoms with Crippen molar-refractivity contribution in [2.24, 2.45) is 0 Å². The number of hydrogen-bond donors (Lipinski definition) is 1. The van der Waals surface area contributed by atoms with Gasteiger partial charge in [0.05, 0.1) is 6.42 Å². The van der Waals surface area contributed by atoms with Crippen LogP contribution in [0.5, 0.6) is 0 Å². The van der Waals surface area contributed by atoms with Crippen LogP contribution >= 0.6 is 0 Å². The number of piperidine rings is 2. The van der Waals surface area contributed by atoms with Crippen LogP contribution in [-0.4, -0.2) is 46.2 Å². The van der Waals surface area contributed by atoms with Gasteiger partial charge >= 0.3 is 11.9 Å². The van der Waals surface area contributed by atoms with Gasteiger partial charge in [0, 0.05) is 24.2 Å². The lowest BCUT2D eigenvalue weighted by Gasteiger charge is -2.50. The normalized spacial score (nSPS) is 29.3. The summed E-state index contributed by atoms with van der Waals surface area (Å²) in [5, 5.41) is 9.21. The minimum absolute atomic E-state index is 0.0441. The molecule has 0 bridgehead atoms. The zero-order chi connectivity index (χ0) is 18.5. The van der Waals surface area contributed by atoms with Crippen molar-refractivity contribution in [3.05, 3.63) is 42.0 Å². The first-order valence-electron chi connectivity index (χ1n) is 9.47. The molecule has 5 nitrogen and oxygen atoms in total. The summed E-state index contributed by atoms with van der Waals surface area (Å²) in [6, 6.07) is 10.2. The highest BCUT2D eigenvalue weighted by molar-refractivity contribution is 5.87. The summed E-state index contributed by atoms with van der Waals surface area (Å²) >= 11 is 0. The number of hydrogen-bond acceptors (Lipinski definition) is 4. The van der Waals surface area contributed by atoms with E-state index in [-0.39, 0.29) is 30.6 Å². The van der Waals surface area contributed by atoms with Crippen LogP contribution in [0.25, 0.3) is 6.08 Å². The van der Waals surface area contributed by atoms with E-state index < -0.39 is 5.97 Å². The van der Waals surface area contributed by atoms with Gasteiger partial charge in [-0.15, -0.1) is 0 Å². The van der Waals surface area contributed by atoms with E-state index in [0.717, 1.165) is 37.7 Å². The number of fused-ring (bicyclic) bond motifs is 1. The molecule has 0 spiro atoms. The minimum atomic E-state index is -0.757. The van der Waals surface area contributed by atoms with Crippen LogP contribution in [0.3, 0.4) is 0 Å². The molecule has 2 fully saturated rings. The van der Waals surface area contributed by atoms with Gasteiger partial charge in [0.25, 0.3) is 0 Å². The zero-order valence-electron chi connectivity index (χ0n) is 15.2. The van der Waals surface area contributed by atoms with Crippen LogP contribution in [0.1, 0.15) is 51.0 Å². The molecular formula is C21H27NO4. The molecule has 2 aliphatic heterocycles. The number of carboxylic acids is 1. The largest absolute Gasteiger partial charge is 0.481 e. The highest BCUT2D eigenvalue weighted by Crippen LogP contribution is 2.36. The van der Waals surface area contributed by atoms with Crippen LogP contribution in [0, 0.1) is 0 Å². The average Bonchev–Trinajstić information content (AvgIpc) is 2.63. The predicted octanol–water partition coefficient (Wildman–Crippen LogP) is 3.49. The van der Waals surface area contributed by atoms with Crippen molar-refractivity contribution in [2.45, 2.75) is 69.7 Å². The van der Waals surface area contributed by atoms with Crippen molar-refractivity contribution < 1.29 is 19.4 Å². The molecule has 5 heteroatoms. The highest BCUT2D eigenvalue weighted by Gasteiger charge is 2.42. The second-order valence-electron chi connectivity index (χ2n) is 7.32. The summed E-state index contributed by atoms with van der Waals surface area (Å²) in [6.45, 7) is 2.06. The zero-order valence-corrected chi connectivity index (χ0v) is 15.2. The summed E-state index contributed by atoms with van der Waals surface area (Å²) in [4.78, 5) is 25.7. The minimum Gasteiger partial charge on any atom is -0.481 e. The maximum absolute atomic E-state index is 12.2. The molecule has 2 aliphatic rings. The van der Waals surface area contributed by atoms with E-state index >= 15 is 0 Å². The fraction of sp³-hybridized carbons (Fsp3) is 0.524. The quantitative estimate of drug-likeness (QED) is 0.645. The molecule has 140 valence electrons. The molecule has 1 aromatic rings. The first-order chi connectivity index (χ1) is 12.5. The number of carboxylic acid groups (broad SMARTS) is 1. The van der Waals surface area contributed by atoms with Crippen LogP contribution in [0.2, 0.25) is 0 Å². The van der Waals surface area contributed by atoms with E-state index in [1.165, 1.54) is 6.08 Å². The monoisotopic (exact) mass is 357 g/mol. The number of esters is 1. The average molecular weight is 357 g/mol. The molecule has 0 radical (unpaired) electrons. The lowest BCUT2D eigenvalue weighted by molar-refractivity contribution is -0.155. The van der Waals surface area contributed by atoms with Gasteiger partial charge in [0.1, 0.15) is 6.10 Å². The van der Waals surface area contributed by atoms with Crippen molar-refractivity contribution in [3.8, 4) is 0 Å². The maximum Gasteiger partial charge on any atom is 0.331 e. The van der Waals surface area contributed by atoms with Crippen molar-refractivity contribution in [2.75, 3.05) is 0 Å². The van der Waals surface area contributed by atoms with Crippen molar-refractivity contribution in [3.63, 3.8) is 0 Å². The van der Waals surface area contributed by atoms with Crippen LogP contribution in [0.15, 0.2) is 36.4 Å². The fourth-order valence-corrected chi connectivity index (χ4v) is 4.42. The third-order valence-electron chi connectivity index (χ3n) is 5.60. The fourth-order valence-electron chi connectivity index (χ4n) is 4.42. The molecule has 1 aromatic carbocycles. The molecule has 0 aromatic heterocycles. The summed E-state index contributed by atoms with van der Waals surface area (Å²) < 4.78 is 5.71. The number of carbonyl (C=O) groups excluding carboxylic acids is 1. The van der Waals surface area contributed by atoms with Gasteiger partial charge in [-0.25, -0.2) is 4.79 Å². The SMILES string of the molecule is C[C@H]1[C@H](OC(=O)/C=C/c2ccccc2)CC[C@@H]2CCC[C@H](CC(=O)O)N21. The van der Waals surface area contributed by atoms with Crippen LogP contribution in [0.4, 0.5) is 0 Å². The third kappa shape index (κ3) is 4.52. The molecule has 3 rings (SSSR count). The predicted molar refractivity (Wildman–Crippen MR) is 99.6 cm³/mol. The van der Waals surface area contributed by atoms with Crippen LogP contribution < -0.4 is 0 Å². The Morgan fingerprint density at radius 1 is 1.19 bits per heavy atom. The van der Waals surface area contributed by atoms with Crippen molar-refractivity contribution in [1.29, 1.82) is 0 Å². The van der Waals surface area contributed by atoms with Gasteiger partial charge in [0.2, 0.25) is 0 Å². The van der Waals surface area contributed by atoms with Gasteiger partial charge in [-0.3, -0.25) is 9.69 Å². The van der Waals surface area contributed by atoms with E-state index in [1.54, 1.807) is 6.08 Å². The van der Waals surface area contributed by atoms with Crippen LogP contribution in [-0.2, 0) is 14.3 Å². The second kappa shape index (κ2) is 8.49. The Labute approximate surface area is 154 Å². The summed E-state index contributed by atoms with van der Waals surface area (Å²) in [7, 11) is 0. The summed E-state index contributed by atoms with van der Waals surface area (Å²) in [6.07, 6.45) is 8.09. The molecule has 0 amide bonds. The molecule has 0 saturated carbocycles. The van der Waals surface area contributed by atoms with E-state index in [2.05, 4.69) is 11.8 Å².